The third-order valence-electron chi connectivity index (χ3n) is 5.79. The third-order valence-corrected chi connectivity index (χ3v) is 7.48. The zero-order chi connectivity index (χ0) is 21.4. The van der Waals surface area contributed by atoms with E-state index in [1.807, 2.05) is 36.4 Å². The van der Waals surface area contributed by atoms with Crippen LogP contribution in [0.2, 0.25) is 0 Å². The first kappa shape index (κ1) is 19.7. The number of hydrogen-bond acceptors (Lipinski definition) is 4. The van der Waals surface area contributed by atoms with E-state index in [0.717, 1.165) is 41.7 Å². The van der Waals surface area contributed by atoms with Crippen LogP contribution in [0.3, 0.4) is 0 Å². The van der Waals surface area contributed by atoms with Gasteiger partial charge < -0.3 is 4.90 Å². The summed E-state index contributed by atoms with van der Waals surface area (Å²) in [5.41, 5.74) is 4.67. The summed E-state index contributed by atoms with van der Waals surface area (Å²) >= 11 is 0. The molecule has 4 aromatic rings. The quantitative estimate of drug-likeness (QED) is 0.474. The summed E-state index contributed by atoms with van der Waals surface area (Å²) in [5, 5.41) is 0.929. The molecule has 0 fully saturated rings. The Morgan fingerprint density at radius 1 is 0.968 bits per heavy atom. The van der Waals surface area contributed by atoms with E-state index in [1.54, 1.807) is 36.7 Å². The molecule has 0 amide bonds. The number of aromatic nitrogens is 2. The molecule has 156 valence electrons. The Balaban J connectivity index is 1.74. The molecule has 1 aliphatic heterocycles. The average Bonchev–Trinajstić information content (AvgIpc) is 3.20. The van der Waals surface area contributed by atoms with E-state index in [-0.39, 0.29) is 4.90 Å². The molecule has 0 saturated carbocycles. The second-order valence-electron chi connectivity index (χ2n) is 7.85. The number of pyridine rings is 1. The molecule has 0 radical (unpaired) electrons. The highest BCUT2D eigenvalue weighted by Gasteiger charge is 2.23. The number of rotatable bonds is 4. The molecule has 0 unspecified atom stereocenters. The molecule has 0 aliphatic carbocycles. The minimum absolute atomic E-state index is 0.282. The molecule has 0 atom stereocenters. The molecule has 0 saturated heterocycles. The van der Waals surface area contributed by atoms with Crippen LogP contribution in [0.15, 0.2) is 90.1 Å². The van der Waals surface area contributed by atoms with Gasteiger partial charge in [-0.15, -0.1) is 0 Å². The molecular formula is C25H23N3O2S. The van der Waals surface area contributed by atoms with Crippen LogP contribution in [0.5, 0.6) is 0 Å². The van der Waals surface area contributed by atoms with Gasteiger partial charge in [0.05, 0.1) is 16.1 Å². The summed E-state index contributed by atoms with van der Waals surface area (Å²) in [4.78, 5) is 7.00. The molecule has 1 aliphatic rings. The molecule has 5 rings (SSSR count). The van der Waals surface area contributed by atoms with Crippen LogP contribution in [-0.2, 0) is 10.0 Å². The maximum atomic E-state index is 13.5. The van der Waals surface area contributed by atoms with Gasteiger partial charge in [0.25, 0.3) is 10.0 Å². The number of hydrogen-bond donors (Lipinski definition) is 0. The summed E-state index contributed by atoms with van der Waals surface area (Å²) in [5.74, 6) is 0. The Hall–Kier alpha value is -3.22. The molecule has 6 heteroatoms. The van der Waals surface area contributed by atoms with Crippen LogP contribution in [0.4, 0.5) is 0 Å². The first-order chi connectivity index (χ1) is 15.0. The molecule has 5 nitrogen and oxygen atoms in total. The Morgan fingerprint density at radius 3 is 2.48 bits per heavy atom. The van der Waals surface area contributed by atoms with Gasteiger partial charge in [-0.3, -0.25) is 4.98 Å². The molecular weight excluding hydrogens is 406 g/mol. The molecule has 31 heavy (non-hydrogen) atoms. The van der Waals surface area contributed by atoms with Gasteiger partial charge in [0.15, 0.2) is 0 Å². The van der Waals surface area contributed by atoms with Crippen molar-refractivity contribution in [2.24, 2.45) is 0 Å². The SMILES string of the molecule is CN1CC=C(c2cn(S(=O)(=O)c3ccccc3)c3ccc(-c4ccccn4)cc23)CC1. The topological polar surface area (TPSA) is 55.2 Å². The van der Waals surface area contributed by atoms with Crippen molar-refractivity contribution in [3.8, 4) is 11.3 Å². The molecule has 0 N–H and O–H groups in total. The van der Waals surface area contributed by atoms with Crippen molar-refractivity contribution in [2.75, 3.05) is 20.1 Å². The standard InChI is InChI=1S/C25H23N3O2S/c1-27-15-12-19(13-16-27)23-18-28(31(29,30)21-7-3-2-4-8-21)25-11-10-20(17-22(23)25)24-9-5-6-14-26-24/h2-12,14,17-18H,13,15-16H2,1H3. The fourth-order valence-corrected chi connectivity index (χ4v) is 5.46. The van der Waals surface area contributed by atoms with E-state index >= 15 is 0 Å². The maximum Gasteiger partial charge on any atom is 0.268 e. The summed E-state index contributed by atoms with van der Waals surface area (Å²) in [7, 11) is -1.62. The van der Waals surface area contributed by atoms with Crippen LogP contribution < -0.4 is 0 Å². The van der Waals surface area contributed by atoms with Crippen molar-refractivity contribution >= 4 is 26.5 Å². The van der Waals surface area contributed by atoms with E-state index in [9.17, 15) is 8.42 Å². The van der Waals surface area contributed by atoms with Crippen molar-refractivity contribution in [1.82, 2.24) is 13.9 Å². The van der Waals surface area contributed by atoms with Crippen molar-refractivity contribution in [2.45, 2.75) is 11.3 Å². The third kappa shape index (κ3) is 3.58. The highest BCUT2D eigenvalue weighted by Crippen LogP contribution is 2.35. The van der Waals surface area contributed by atoms with Crippen LogP contribution in [0.25, 0.3) is 27.7 Å². The van der Waals surface area contributed by atoms with E-state index in [1.165, 1.54) is 9.55 Å². The fourth-order valence-electron chi connectivity index (χ4n) is 4.07. The Morgan fingerprint density at radius 2 is 1.77 bits per heavy atom. The Labute approximate surface area is 182 Å². The summed E-state index contributed by atoms with van der Waals surface area (Å²) in [6, 6.07) is 20.3. The lowest BCUT2D eigenvalue weighted by molar-refractivity contribution is 0.370. The van der Waals surface area contributed by atoms with Crippen molar-refractivity contribution < 1.29 is 8.42 Å². The smallest absolute Gasteiger partial charge is 0.268 e. The zero-order valence-electron chi connectivity index (χ0n) is 17.3. The lowest BCUT2D eigenvalue weighted by atomic mass is 9.97. The number of benzene rings is 2. The molecule has 2 aromatic carbocycles. The van der Waals surface area contributed by atoms with E-state index in [0.29, 0.717) is 5.52 Å². The lowest BCUT2D eigenvalue weighted by Crippen LogP contribution is -2.23. The first-order valence-corrected chi connectivity index (χ1v) is 11.7. The summed E-state index contributed by atoms with van der Waals surface area (Å²) in [6.45, 7) is 1.80. The van der Waals surface area contributed by atoms with Gasteiger partial charge in [-0.05, 0) is 55.4 Å². The van der Waals surface area contributed by atoms with Crippen LogP contribution in [0, 0.1) is 0 Å². The first-order valence-electron chi connectivity index (χ1n) is 10.3. The number of likely N-dealkylation sites (N-methyl/N-ethyl adjacent to an activating group) is 1. The molecule has 3 heterocycles. The zero-order valence-corrected chi connectivity index (χ0v) is 18.1. The van der Waals surface area contributed by atoms with E-state index < -0.39 is 10.0 Å². The van der Waals surface area contributed by atoms with Crippen LogP contribution in [0.1, 0.15) is 12.0 Å². The minimum atomic E-state index is -3.71. The second kappa shape index (κ2) is 7.80. The Bertz CT molecular complexity index is 1370. The predicted molar refractivity (Wildman–Crippen MR) is 124 cm³/mol. The molecule has 0 spiro atoms. The second-order valence-corrected chi connectivity index (χ2v) is 9.66. The van der Waals surface area contributed by atoms with Gasteiger partial charge in [-0.2, -0.15) is 0 Å². The Kier molecular flexibility index (Phi) is 4.96. The van der Waals surface area contributed by atoms with Gasteiger partial charge in [-0.25, -0.2) is 12.4 Å². The largest absolute Gasteiger partial charge is 0.302 e. The fraction of sp³-hybridized carbons (Fsp3) is 0.160. The van der Waals surface area contributed by atoms with E-state index in [4.69, 9.17) is 0 Å². The molecule has 2 aromatic heterocycles. The van der Waals surface area contributed by atoms with Gasteiger partial charge in [0, 0.05) is 42.0 Å². The van der Waals surface area contributed by atoms with Crippen molar-refractivity contribution in [3.05, 3.63) is 90.8 Å². The number of fused-ring (bicyclic) bond motifs is 1. The highest BCUT2D eigenvalue weighted by atomic mass is 32.2. The van der Waals surface area contributed by atoms with Crippen LogP contribution in [-0.4, -0.2) is 42.4 Å². The van der Waals surface area contributed by atoms with Gasteiger partial charge >= 0.3 is 0 Å². The maximum absolute atomic E-state index is 13.5. The summed E-state index contributed by atoms with van der Waals surface area (Å²) < 4.78 is 28.4. The van der Waals surface area contributed by atoms with Crippen molar-refractivity contribution in [3.63, 3.8) is 0 Å². The van der Waals surface area contributed by atoms with Gasteiger partial charge in [0.2, 0.25) is 0 Å². The van der Waals surface area contributed by atoms with Gasteiger partial charge in [-0.1, -0.05) is 36.4 Å². The number of nitrogens with zero attached hydrogens (tertiary/aromatic N) is 3. The van der Waals surface area contributed by atoms with E-state index in [2.05, 4.69) is 29.1 Å². The normalized spacial score (nSPS) is 15.2. The van der Waals surface area contributed by atoms with Crippen LogP contribution >= 0.6 is 0 Å². The van der Waals surface area contributed by atoms with Gasteiger partial charge in [0.1, 0.15) is 0 Å². The molecule has 0 bridgehead atoms. The highest BCUT2D eigenvalue weighted by molar-refractivity contribution is 7.90. The average molecular weight is 430 g/mol. The van der Waals surface area contributed by atoms with Crippen molar-refractivity contribution in [1.29, 1.82) is 0 Å². The minimum Gasteiger partial charge on any atom is -0.302 e. The predicted octanol–water partition coefficient (Wildman–Crippen LogP) is 4.66. The monoisotopic (exact) mass is 429 g/mol. The lowest BCUT2D eigenvalue weighted by Gasteiger charge is -2.21. The summed E-state index contributed by atoms with van der Waals surface area (Å²) in [6.07, 6.45) is 6.64.